The van der Waals surface area contributed by atoms with Crippen LogP contribution in [-0.2, 0) is 0 Å². The molecule has 0 atom stereocenters. The normalized spacial score (nSPS) is 10.1. The van der Waals surface area contributed by atoms with Gasteiger partial charge in [0, 0.05) is 18.0 Å². The lowest BCUT2D eigenvalue weighted by atomic mass is 10.2. The number of anilines is 2. The largest absolute Gasteiger partial charge is 0.388 e. The van der Waals surface area contributed by atoms with E-state index in [1.165, 1.54) is 6.07 Å². The molecule has 2 rings (SSSR count). The van der Waals surface area contributed by atoms with Gasteiger partial charge in [0.05, 0.1) is 5.69 Å². The second kappa shape index (κ2) is 5.05. The van der Waals surface area contributed by atoms with E-state index < -0.39 is 11.6 Å². The zero-order chi connectivity index (χ0) is 13.1. The van der Waals surface area contributed by atoms with Crippen LogP contribution in [0.2, 0.25) is 0 Å². The van der Waals surface area contributed by atoms with E-state index in [0.29, 0.717) is 17.1 Å². The summed E-state index contributed by atoms with van der Waals surface area (Å²) in [6.45, 7) is 0. The van der Waals surface area contributed by atoms with E-state index in [1.54, 1.807) is 18.3 Å². The third-order valence-corrected chi connectivity index (χ3v) is 2.43. The summed E-state index contributed by atoms with van der Waals surface area (Å²) in [5.41, 5.74) is 6.84. The number of benzene rings is 1. The van der Waals surface area contributed by atoms with Crippen LogP contribution in [0, 0.1) is 11.6 Å². The molecule has 0 saturated heterocycles. The molecular weight excluding hydrogens is 256 g/mol. The number of aromatic nitrogens is 1. The zero-order valence-electron chi connectivity index (χ0n) is 9.15. The maximum absolute atomic E-state index is 13.1. The molecule has 3 N–H and O–H groups in total. The molecule has 2 aromatic rings. The summed E-state index contributed by atoms with van der Waals surface area (Å²) in [5.74, 6) is -1.83. The van der Waals surface area contributed by atoms with Gasteiger partial charge in [0.15, 0.2) is 11.6 Å². The summed E-state index contributed by atoms with van der Waals surface area (Å²) in [5, 5.41) is 2.89. The van der Waals surface area contributed by atoms with Gasteiger partial charge in [0.25, 0.3) is 0 Å². The number of nitrogens with zero attached hydrogens (tertiary/aromatic N) is 1. The first-order valence-electron chi connectivity index (χ1n) is 5.05. The molecule has 3 nitrogen and oxygen atoms in total. The van der Waals surface area contributed by atoms with E-state index in [-0.39, 0.29) is 4.99 Å². The molecule has 0 saturated carbocycles. The Morgan fingerprint density at radius 3 is 2.67 bits per heavy atom. The molecular formula is C12H9F2N3S. The van der Waals surface area contributed by atoms with Crippen molar-refractivity contribution in [2.45, 2.75) is 0 Å². The van der Waals surface area contributed by atoms with Crippen LogP contribution in [0.1, 0.15) is 5.69 Å². The topological polar surface area (TPSA) is 50.9 Å². The van der Waals surface area contributed by atoms with Crippen molar-refractivity contribution in [3.8, 4) is 0 Å². The van der Waals surface area contributed by atoms with E-state index in [2.05, 4.69) is 10.3 Å². The van der Waals surface area contributed by atoms with Crippen molar-refractivity contribution < 1.29 is 8.78 Å². The molecule has 0 unspecified atom stereocenters. The average Bonchev–Trinajstić information content (AvgIpc) is 2.34. The lowest BCUT2D eigenvalue weighted by Crippen LogP contribution is -2.13. The predicted molar refractivity (Wildman–Crippen MR) is 69.8 cm³/mol. The quantitative estimate of drug-likeness (QED) is 0.838. The Morgan fingerprint density at radius 1 is 1.22 bits per heavy atom. The highest BCUT2D eigenvalue weighted by Gasteiger charge is 2.08. The first-order valence-corrected chi connectivity index (χ1v) is 5.45. The summed E-state index contributed by atoms with van der Waals surface area (Å²) in [7, 11) is 0. The molecule has 0 aliphatic rings. The summed E-state index contributed by atoms with van der Waals surface area (Å²) >= 11 is 4.85. The number of rotatable bonds is 3. The third-order valence-electron chi connectivity index (χ3n) is 2.24. The van der Waals surface area contributed by atoms with Gasteiger partial charge in [-0.05, 0) is 24.3 Å². The van der Waals surface area contributed by atoms with Crippen molar-refractivity contribution in [1.82, 2.24) is 4.98 Å². The maximum atomic E-state index is 13.1. The van der Waals surface area contributed by atoms with E-state index in [1.807, 2.05) is 0 Å². The second-order valence-corrected chi connectivity index (χ2v) is 3.96. The monoisotopic (exact) mass is 265 g/mol. The SMILES string of the molecule is NC(=S)c1ncccc1Nc1ccc(F)c(F)c1. The number of pyridine rings is 1. The van der Waals surface area contributed by atoms with Gasteiger partial charge in [-0.2, -0.15) is 0 Å². The van der Waals surface area contributed by atoms with Gasteiger partial charge >= 0.3 is 0 Å². The van der Waals surface area contributed by atoms with E-state index in [9.17, 15) is 8.78 Å². The van der Waals surface area contributed by atoms with Gasteiger partial charge in [-0.15, -0.1) is 0 Å². The molecule has 1 aromatic heterocycles. The van der Waals surface area contributed by atoms with Crippen molar-refractivity contribution in [2.75, 3.05) is 5.32 Å². The number of hydrogen-bond acceptors (Lipinski definition) is 3. The molecule has 0 radical (unpaired) electrons. The van der Waals surface area contributed by atoms with Crippen LogP contribution < -0.4 is 11.1 Å². The smallest absolute Gasteiger partial charge is 0.160 e. The number of hydrogen-bond donors (Lipinski definition) is 2. The molecule has 18 heavy (non-hydrogen) atoms. The Bertz CT molecular complexity index is 602. The molecule has 0 bridgehead atoms. The Balaban J connectivity index is 2.34. The zero-order valence-corrected chi connectivity index (χ0v) is 9.97. The van der Waals surface area contributed by atoms with Crippen LogP contribution in [0.5, 0.6) is 0 Å². The minimum atomic E-state index is -0.930. The maximum Gasteiger partial charge on any atom is 0.160 e. The minimum Gasteiger partial charge on any atom is -0.388 e. The summed E-state index contributed by atoms with van der Waals surface area (Å²) in [4.78, 5) is 4.14. The van der Waals surface area contributed by atoms with Gasteiger partial charge < -0.3 is 11.1 Å². The molecule has 0 aliphatic carbocycles. The molecule has 1 heterocycles. The summed E-state index contributed by atoms with van der Waals surface area (Å²) in [6, 6.07) is 6.88. The highest BCUT2D eigenvalue weighted by Crippen LogP contribution is 2.20. The van der Waals surface area contributed by atoms with Crippen molar-refractivity contribution in [3.05, 3.63) is 53.9 Å². The Labute approximate surface area is 108 Å². The summed E-state index contributed by atoms with van der Waals surface area (Å²) in [6.07, 6.45) is 1.55. The second-order valence-electron chi connectivity index (χ2n) is 3.52. The lowest BCUT2D eigenvalue weighted by Gasteiger charge is -2.10. The molecule has 6 heteroatoms. The van der Waals surface area contributed by atoms with E-state index in [0.717, 1.165) is 12.1 Å². The number of nitrogens with two attached hydrogens (primary N) is 1. The standard InChI is InChI=1S/C12H9F2N3S/c13-8-4-3-7(6-9(8)14)17-10-2-1-5-16-11(10)12(15)18/h1-6,17H,(H2,15,18). The molecule has 0 fully saturated rings. The fraction of sp³-hybridized carbons (Fsp3) is 0. The van der Waals surface area contributed by atoms with Gasteiger partial charge in [-0.3, -0.25) is 4.98 Å². The van der Waals surface area contributed by atoms with Crippen LogP contribution in [0.4, 0.5) is 20.2 Å². The fourth-order valence-electron chi connectivity index (χ4n) is 1.43. The van der Waals surface area contributed by atoms with Gasteiger partial charge in [-0.1, -0.05) is 12.2 Å². The van der Waals surface area contributed by atoms with Crippen molar-refractivity contribution >= 4 is 28.6 Å². The van der Waals surface area contributed by atoms with Crippen molar-refractivity contribution in [1.29, 1.82) is 0 Å². The van der Waals surface area contributed by atoms with Crippen LogP contribution in [-0.4, -0.2) is 9.97 Å². The summed E-state index contributed by atoms with van der Waals surface area (Å²) < 4.78 is 25.8. The first-order chi connectivity index (χ1) is 8.58. The van der Waals surface area contributed by atoms with Gasteiger partial charge in [0.1, 0.15) is 10.7 Å². The molecule has 0 aliphatic heterocycles. The lowest BCUT2D eigenvalue weighted by molar-refractivity contribution is 0.509. The third kappa shape index (κ3) is 2.60. The van der Waals surface area contributed by atoms with Crippen LogP contribution in [0.15, 0.2) is 36.5 Å². The molecule has 1 aromatic carbocycles. The molecule has 0 amide bonds. The average molecular weight is 265 g/mol. The number of halogens is 2. The highest BCUT2D eigenvalue weighted by atomic mass is 32.1. The fourth-order valence-corrected chi connectivity index (χ4v) is 1.59. The van der Waals surface area contributed by atoms with Crippen LogP contribution in [0.25, 0.3) is 0 Å². The van der Waals surface area contributed by atoms with Crippen molar-refractivity contribution in [2.24, 2.45) is 5.73 Å². The van der Waals surface area contributed by atoms with E-state index >= 15 is 0 Å². The number of nitrogens with one attached hydrogen (secondary N) is 1. The van der Waals surface area contributed by atoms with Gasteiger partial charge in [-0.25, -0.2) is 8.78 Å². The van der Waals surface area contributed by atoms with Crippen LogP contribution in [0.3, 0.4) is 0 Å². The Hall–Kier alpha value is -2.08. The molecule has 0 spiro atoms. The van der Waals surface area contributed by atoms with E-state index in [4.69, 9.17) is 18.0 Å². The number of thiocarbonyl (C=S) groups is 1. The van der Waals surface area contributed by atoms with Crippen molar-refractivity contribution in [3.63, 3.8) is 0 Å². The minimum absolute atomic E-state index is 0.126. The Kier molecular flexibility index (Phi) is 3.47. The predicted octanol–water partition coefficient (Wildman–Crippen LogP) is 2.74. The first kappa shape index (κ1) is 12.4. The Morgan fingerprint density at radius 2 is 2.00 bits per heavy atom. The van der Waals surface area contributed by atoms with Gasteiger partial charge in [0.2, 0.25) is 0 Å². The van der Waals surface area contributed by atoms with Crippen LogP contribution >= 0.6 is 12.2 Å². The highest BCUT2D eigenvalue weighted by molar-refractivity contribution is 7.80. The molecule has 92 valence electrons.